The van der Waals surface area contributed by atoms with E-state index in [0.29, 0.717) is 0 Å². The molecule has 7 nitrogen and oxygen atoms in total. The number of para-hydroxylation sites is 1. The second-order valence-electron chi connectivity index (χ2n) is 5.78. The number of likely N-dealkylation sites (tertiary alicyclic amines) is 1. The van der Waals surface area contributed by atoms with E-state index in [1.54, 1.807) is 4.90 Å². The van der Waals surface area contributed by atoms with E-state index in [1.807, 2.05) is 13.8 Å². The molecule has 1 saturated heterocycles. The van der Waals surface area contributed by atoms with E-state index in [1.165, 1.54) is 24.3 Å². The first-order valence-corrected chi connectivity index (χ1v) is 7.63. The van der Waals surface area contributed by atoms with Gasteiger partial charge in [-0.3, -0.25) is 14.9 Å². The van der Waals surface area contributed by atoms with Crippen molar-refractivity contribution in [3.8, 4) is 0 Å². The molecule has 0 aliphatic carbocycles. The number of nitro groups is 1. The largest absolute Gasteiger partial charge is 0.452 e. The fourth-order valence-electron chi connectivity index (χ4n) is 3.00. The number of rotatable bonds is 4. The van der Waals surface area contributed by atoms with Crippen molar-refractivity contribution in [3.63, 3.8) is 0 Å². The molecule has 7 heteroatoms. The Bertz CT molecular complexity index is 606. The van der Waals surface area contributed by atoms with Crippen LogP contribution in [0.2, 0.25) is 0 Å². The summed E-state index contributed by atoms with van der Waals surface area (Å²) in [5.74, 6) is -1.13. The normalized spacial score (nSPS) is 20.9. The number of hydrogen-bond donors (Lipinski definition) is 0. The Morgan fingerprint density at radius 2 is 1.87 bits per heavy atom. The average Bonchev–Trinajstić information content (AvgIpc) is 2.52. The standard InChI is InChI=1S/C16H20N2O5/c1-11-6-5-7-12(2)17(11)15(19)10-23-16(20)13-8-3-4-9-14(13)18(21)22/h3-4,8-9,11-12H,5-7,10H2,1-2H3/t11-,12+. The Hall–Kier alpha value is -2.44. The first-order chi connectivity index (χ1) is 10.9. The van der Waals surface area contributed by atoms with Crippen molar-refractivity contribution in [1.82, 2.24) is 4.90 Å². The molecular weight excluding hydrogens is 300 g/mol. The number of ether oxygens (including phenoxy) is 1. The van der Waals surface area contributed by atoms with Crippen LogP contribution in [0.15, 0.2) is 24.3 Å². The molecule has 2 rings (SSSR count). The van der Waals surface area contributed by atoms with Crippen molar-refractivity contribution in [2.75, 3.05) is 6.61 Å². The minimum atomic E-state index is -0.858. The number of benzene rings is 1. The van der Waals surface area contributed by atoms with Crippen LogP contribution in [0.1, 0.15) is 43.5 Å². The van der Waals surface area contributed by atoms with Crippen LogP contribution in [0.25, 0.3) is 0 Å². The third-order valence-electron chi connectivity index (χ3n) is 4.13. The third kappa shape index (κ3) is 3.85. The highest BCUT2D eigenvalue weighted by Gasteiger charge is 2.30. The van der Waals surface area contributed by atoms with E-state index in [9.17, 15) is 19.7 Å². The lowest BCUT2D eigenvalue weighted by atomic mass is 9.97. The first-order valence-electron chi connectivity index (χ1n) is 7.63. The molecular formula is C16H20N2O5. The van der Waals surface area contributed by atoms with Crippen molar-refractivity contribution >= 4 is 17.6 Å². The Morgan fingerprint density at radius 1 is 1.26 bits per heavy atom. The van der Waals surface area contributed by atoms with Crippen molar-refractivity contribution < 1.29 is 19.2 Å². The van der Waals surface area contributed by atoms with Gasteiger partial charge in [0.1, 0.15) is 5.56 Å². The fraction of sp³-hybridized carbons (Fsp3) is 0.500. The second kappa shape index (κ2) is 7.21. The predicted octanol–water partition coefficient (Wildman–Crippen LogP) is 2.54. The average molecular weight is 320 g/mol. The smallest absolute Gasteiger partial charge is 0.345 e. The summed E-state index contributed by atoms with van der Waals surface area (Å²) in [6, 6.07) is 5.74. The summed E-state index contributed by atoms with van der Waals surface area (Å²) in [4.78, 5) is 36.3. The highest BCUT2D eigenvalue weighted by atomic mass is 16.6. The van der Waals surface area contributed by atoms with Crippen LogP contribution >= 0.6 is 0 Å². The number of carbonyl (C=O) groups excluding carboxylic acids is 2. The Morgan fingerprint density at radius 3 is 2.48 bits per heavy atom. The van der Waals surface area contributed by atoms with Gasteiger partial charge in [-0.2, -0.15) is 0 Å². The molecule has 23 heavy (non-hydrogen) atoms. The molecule has 0 radical (unpaired) electrons. The quantitative estimate of drug-likeness (QED) is 0.483. The second-order valence-corrected chi connectivity index (χ2v) is 5.78. The summed E-state index contributed by atoms with van der Waals surface area (Å²) < 4.78 is 5.00. The zero-order valence-electron chi connectivity index (χ0n) is 13.2. The molecule has 1 aliphatic heterocycles. The number of carbonyl (C=O) groups is 2. The summed E-state index contributed by atoms with van der Waals surface area (Å²) in [5.41, 5.74) is -0.477. The summed E-state index contributed by atoms with van der Waals surface area (Å²) in [6.45, 7) is 3.54. The van der Waals surface area contributed by atoms with Gasteiger partial charge in [0, 0.05) is 18.2 Å². The van der Waals surface area contributed by atoms with Crippen molar-refractivity contribution in [2.24, 2.45) is 0 Å². The molecule has 0 saturated carbocycles. The summed E-state index contributed by atoms with van der Waals surface area (Å²) in [5, 5.41) is 10.9. The number of amides is 1. The Balaban J connectivity index is 2.02. The predicted molar refractivity (Wildman–Crippen MR) is 83.0 cm³/mol. The minimum Gasteiger partial charge on any atom is -0.452 e. The van der Waals surface area contributed by atoms with Crippen molar-refractivity contribution in [1.29, 1.82) is 0 Å². The number of hydrogen-bond acceptors (Lipinski definition) is 5. The van der Waals surface area contributed by atoms with Crippen LogP contribution in [-0.2, 0) is 9.53 Å². The van der Waals surface area contributed by atoms with E-state index in [-0.39, 0.29) is 29.2 Å². The van der Waals surface area contributed by atoms with E-state index in [2.05, 4.69) is 0 Å². The van der Waals surface area contributed by atoms with Crippen LogP contribution in [0.3, 0.4) is 0 Å². The fourth-order valence-corrected chi connectivity index (χ4v) is 3.00. The van der Waals surface area contributed by atoms with Gasteiger partial charge in [0.15, 0.2) is 6.61 Å². The van der Waals surface area contributed by atoms with Gasteiger partial charge >= 0.3 is 5.97 Å². The lowest BCUT2D eigenvalue weighted by Gasteiger charge is -2.38. The van der Waals surface area contributed by atoms with Crippen LogP contribution in [-0.4, -0.2) is 40.4 Å². The van der Waals surface area contributed by atoms with Gasteiger partial charge < -0.3 is 9.64 Å². The van der Waals surface area contributed by atoms with Gasteiger partial charge in [0.05, 0.1) is 4.92 Å². The number of nitrogens with zero attached hydrogens (tertiary/aromatic N) is 2. The zero-order chi connectivity index (χ0) is 17.0. The summed E-state index contributed by atoms with van der Waals surface area (Å²) in [6.07, 6.45) is 2.92. The monoisotopic (exact) mass is 320 g/mol. The molecule has 124 valence electrons. The van der Waals surface area contributed by atoms with Crippen LogP contribution in [0.5, 0.6) is 0 Å². The molecule has 1 aromatic rings. The molecule has 2 atom stereocenters. The first kappa shape index (κ1) is 16.9. The Labute approximate surface area is 134 Å². The molecule has 1 heterocycles. The van der Waals surface area contributed by atoms with Gasteiger partial charge in [-0.25, -0.2) is 4.79 Å². The highest BCUT2D eigenvalue weighted by Crippen LogP contribution is 2.23. The highest BCUT2D eigenvalue weighted by molar-refractivity contribution is 5.95. The molecule has 0 unspecified atom stereocenters. The SMILES string of the molecule is C[C@@H]1CCC[C@H](C)N1C(=O)COC(=O)c1ccccc1[N+](=O)[O-]. The van der Waals surface area contributed by atoms with Crippen molar-refractivity contribution in [2.45, 2.75) is 45.2 Å². The molecule has 0 spiro atoms. The molecule has 0 bridgehead atoms. The van der Waals surface area contributed by atoms with Crippen molar-refractivity contribution in [3.05, 3.63) is 39.9 Å². The Kier molecular flexibility index (Phi) is 5.31. The van der Waals surface area contributed by atoms with Crippen LogP contribution in [0, 0.1) is 10.1 Å². The van der Waals surface area contributed by atoms with Gasteiger partial charge in [-0.05, 0) is 39.2 Å². The maximum Gasteiger partial charge on any atom is 0.345 e. The third-order valence-corrected chi connectivity index (χ3v) is 4.13. The maximum atomic E-state index is 12.3. The number of piperidine rings is 1. The molecule has 0 N–H and O–H groups in total. The van der Waals surface area contributed by atoms with Crippen LogP contribution in [0.4, 0.5) is 5.69 Å². The number of nitro benzene ring substituents is 1. The van der Waals surface area contributed by atoms with Gasteiger partial charge in [0.25, 0.3) is 11.6 Å². The van der Waals surface area contributed by atoms with Gasteiger partial charge in [-0.15, -0.1) is 0 Å². The molecule has 1 fully saturated rings. The lowest BCUT2D eigenvalue weighted by Crippen LogP contribution is -2.49. The maximum absolute atomic E-state index is 12.3. The molecule has 1 amide bonds. The number of esters is 1. The minimum absolute atomic E-state index is 0.107. The summed E-state index contributed by atoms with van der Waals surface area (Å²) >= 11 is 0. The van der Waals surface area contributed by atoms with Gasteiger partial charge in [-0.1, -0.05) is 12.1 Å². The lowest BCUT2D eigenvalue weighted by molar-refractivity contribution is -0.385. The zero-order valence-corrected chi connectivity index (χ0v) is 13.2. The summed E-state index contributed by atoms with van der Waals surface area (Å²) in [7, 11) is 0. The molecule has 1 aromatic carbocycles. The topological polar surface area (TPSA) is 89.8 Å². The van der Waals surface area contributed by atoms with E-state index in [0.717, 1.165) is 19.3 Å². The van der Waals surface area contributed by atoms with Gasteiger partial charge in [0.2, 0.25) is 0 Å². The molecule has 1 aliphatic rings. The van der Waals surface area contributed by atoms with E-state index in [4.69, 9.17) is 4.74 Å². The van der Waals surface area contributed by atoms with Crippen LogP contribution < -0.4 is 0 Å². The van der Waals surface area contributed by atoms with E-state index >= 15 is 0 Å². The molecule has 0 aromatic heterocycles. The van der Waals surface area contributed by atoms with E-state index < -0.39 is 17.5 Å².